The highest BCUT2D eigenvalue weighted by molar-refractivity contribution is 7.91. The minimum atomic E-state index is -4.13. The number of aryl methyl sites for hydroxylation is 2. The third-order valence-electron chi connectivity index (χ3n) is 13.3. The van der Waals surface area contributed by atoms with Crippen LogP contribution in [0.25, 0.3) is 21.8 Å². The van der Waals surface area contributed by atoms with E-state index in [2.05, 4.69) is 9.97 Å². The van der Waals surface area contributed by atoms with Gasteiger partial charge in [-0.1, -0.05) is 64.1 Å². The number of carbonyl (C=O) groups is 4. The Morgan fingerprint density at radius 2 is 1.00 bits per heavy atom. The van der Waals surface area contributed by atoms with Gasteiger partial charge < -0.3 is 28.7 Å². The molecule has 2 amide bonds. The number of amides is 2. The number of nitrogens with zero attached hydrogens (tertiary/aromatic N) is 5. The molecule has 0 bridgehead atoms. The zero-order chi connectivity index (χ0) is 54.6. The predicted octanol–water partition coefficient (Wildman–Crippen LogP) is 7.48. The van der Waals surface area contributed by atoms with Gasteiger partial charge in [-0.15, -0.1) is 0 Å². The number of benzene rings is 4. The molecule has 17 nitrogen and oxygen atoms in total. The average Bonchev–Trinajstić information content (AvgIpc) is 3.36. The number of likely N-dealkylation sites (tertiary alicyclic amines) is 2. The van der Waals surface area contributed by atoms with Gasteiger partial charge in [0.1, 0.15) is 30.1 Å². The van der Waals surface area contributed by atoms with E-state index in [1.165, 1.54) is 52.6 Å². The molecule has 2 aromatic heterocycles. The van der Waals surface area contributed by atoms with E-state index in [9.17, 15) is 36.0 Å². The Kier molecular flexibility index (Phi) is 16.7. The number of methoxy groups -OCH3 is 2. The van der Waals surface area contributed by atoms with Crippen LogP contribution in [0.2, 0.25) is 0 Å². The minimum absolute atomic E-state index is 0.0191. The molecule has 4 aromatic carbocycles. The van der Waals surface area contributed by atoms with Crippen LogP contribution in [0, 0.1) is 31.1 Å². The number of sulfonamides is 1. The molecular weight excluding hydrogens is 999 g/mol. The van der Waals surface area contributed by atoms with Gasteiger partial charge >= 0.3 is 11.9 Å². The average molecular weight is 1060 g/mol. The van der Waals surface area contributed by atoms with Crippen molar-refractivity contribution in [3.05, 3.63) is 132 Å². The Morgan fingerprint density at radius 3 is 1.41 bits per heavy atom. The third-order valence-corrected chi connectivity index (χ3v) is 17.3. The van der Waals surface area contributed by atoms with E-state index in [0.29, 0.717) is 24.7 Å². The molecule has 8 rings (SSSR count). The summed E-state index contributed by atoms with van der Waals surface area (Å²) in [7, 11) is -5.51. The summed E-state index contributed by atoms with van der Waals surface area (Å²) in [6.07, 6.45) is 0. The summed E-state index contributed by atoms with van der Waals surface area (Å²) < 4.78 is 77.2. The fourth-order valence-corrected chi connectivity index (χ4v) is 13.4. The Balaban J connectivity index is 0.000000219. The van der Waals surface area contributed by atoms with Crippen LogP contribution in [0.1, 0.15) is 64.1 Å². The normalized spacial score (nSPS) is 15.0. The van der Waals surface area contributed by atoms with E-state index in [0.717, 1.165) is 44.3 Å². The Bertz CT molecular complexity index is 3320. The lowest BCUT2D eigenvalue weighted by Gasteiger charge is -2.54. The highest BCUT2D eigenvalue weighted by Gasteiger charge is 2.61. The van der Waals surface area contributed by atoms with Crippen LogP contribution in [0.5, 0.6) is 11.5 Å². The topological polar surface area (TPSA) is 209 Å². The summed E-state index contributed by atoms with van der Waals surface area (Å²) in [5.74, 6) is -1.50. The summed E-state index contributed by atoms with van der Waals surface area (Å²) in [6, 6.07) is 31.3. The first-order valence-electron chi connectivity index (χ1n) is 24.6. The van der Waals surface area contributed by atoms with Gasteiger partial charge in [0, 0.05) is 64.3 Å². The molecule has 0 saturated carbocycles. The largest absolute Gasteiger partial charge is 0.489 e. The molecule has 398 valence electrons. The highest BCUT2D eigenvalue weighted by atomic mass is 32.2. The molecule has 75 heavy (non-hydrogen) atoms. The number of para-hydroxylation sites is 2. The first-order valence-corrected chi connectivity index (χ1v) is 27.7. The number of fused-ring (bicyclic) bond motifs is 2. The van der Waals surface area contributed by atoms with Crippen LogP contribution >= 0.6 is 0 Å². The number of carbonyl (C=O) groups excluding carboxylic acids is 4. The fraction of sp³-hybridized carbons (Fsp3) is 0.393. The molecule has 2 aliphatic rings. The van der Waals surface area contributed by atoms with Crippen molar-refractivity contribution in [2.75, 3.05) is 46.2 Å². The number of hydrogen-bond donors (Lipinski definition) is 0. The smallest absolute Gasteiger partial charge is 0.331 e. The summed E-state index contributed by atoms with van der Waals surface area (Å²) >= 11 is 0. The maximum atomic E-state index is 13.9. The van der Waals surface area contributed by atoms with Gasteiger partial charge in [0.25, 0.3) is 0 Å². The molecule has 6 aromatic rings. The second-order valence-corrected chi connectivity index (χ2v) is 23.9. The van der Waals surface area contributed by atoms with Crippen LogP contribution in [0.4, 0.5) is 0 Å². The predicted molar refractivity (Wildman–Crippen MR) is 283 cm³/mol. The number of hydrogen-bond acceptors (Lipinski definition) is 14. The van der Waals surface area contributed by atoms with Crippen LogP contribution in [0.15, 0.2) is 119 Å². The van der Waals surface area contributed by atoms with E-state index in [4.69, 9.17) is 18.9 Å². The lowest BCUT2D eigenvalue weighted by Crippen LogP contribution is -2.77. The van der Waals surface area contributed by atoms with E-state index in [1.54, 1.807) is 65.8 Å². The van der Waals surface area contributed by atoms with Gasteiger partial charge in [-0.25, -0.2) is 21.6 Å². The van der Waals surface area contributed by atoms with Crippen molar-refractivity contribution in [3.63, 3.8) is 0 Å². The van der Waals surface area contributed by atoms with Crippen molar-refractivity contribution < 1.29 is 55.0 Å². The van der Waals surface area contributed by atoms with Crippen LogP contribution in [0.3, 0.4) is 0 Å². The maximum absolute atomic E-state index is 13.9. The summed E-state index contributed by atoms with van der Waals surface area (Å²) in [5.41, 5.74) is 2.74. The molecule has 2 fully saturated rings. The van der Waals surface area contributed by atoms with Crippen LogP contribution in [-0.2, 0) is 61.7 Å². The standard InChI is InChI=1S/C29H35N3O6S.C27H30N2O6S/c1-19(2)27(33)31-17-29(18-31,28(34)37-6)32(20(3)4)39(35,36)24-13-11-23(12-14-24)38-16-22-15-21(5)30-26-10-8-7-9-25(22)26;1-18(2)25(30)29-15-27(16-29,26(31)34-4)17-36(32,33)22-11-9-21(10-12-22)35-14-20-13-19(3)28-24-8-6-5-7-23(20)24/h7-15,19-20H,16-18H2,1-6H3;5-13,18H,14-17H2,1-4H3. The van der Waals surface area contributed by atoms with Gasteiger partial charge in [-0.3, -0.25) is 24.4 Å². The summed E-state index contributed by atoms with van der Waals surface area (Å²) in [5, 5.41) is 1.99. The van der Waals surface area contributed by atoms with Crippen LogP contribution < -0.4 is 9.47 Å². The SMILES string of the molecule is COC(=O)C1(CS(=O)(=O)c2ccc(OCc3cc(C)nc4ccccc34)cc2)CN(C(=O)C(C)C)C1.COC(=O)C1(N(C(C)C)S(=O)(=O)c2ccc(OCc3cc(C)nc4ccccc34)cc2)CN(C(=O)C(C)C)C1. The second-order valence-electron chi connectivity index (χ2n) is 20.0. The number of esters is 2. The van der Waals surface area contributed by atoms with Crippen molar-refractivity contribution in [3.8, 4) is 11.5 Å². The van der Waals surface area contributed by atoms with Crippen molar-refractivity contribution in [1.29, 1.82) is 0 Å². The lowest BCUT2D eigenvalue weighted by molar-refractivity contribution is -0.170. The molecule has 0 spiro atoms. The number of sulfone groups is 1. The Morgan fingerprint density at radius 1 is 0.587 bits per heavy atom. The number of pyridine rings is 2. The molecule has 0 atom stereocenters. The van der Waals surface area contributed by atoms with Gasteiger partial charge in [-0.2, -0.15) is 4.31 Å². The molecule has 19 heteroatoms. The van der Waals surface area contributed by atoms with Gasteiger partial charge in [0.05, 0.1) is 53.9 Å². The van der Waals surface area contributed by atoms with Crippen molar-refractivity contribution >= 4 is 65.4 Å². The summed E-state index contributed by atoms with van der Waals surface area (Å²) in [4.78, 5) is 62.4. The fourth-order valence-electron chi connectivity index (χ4n) is 9.72. The monoisotopic (exact) mass is 1060 g/mol. The maximum Gasteiger partial charge on any atom is 0.331 e. The van der Waals surface area contributed by atoms with Gasteiger partial charge in [-0.05, 0) is 100 Å². The highest BCUT2D eigenvalue weighted by Crippen LogP contribution is 2.39. The molecule has 0 unspecified atom stereocenters. The molecular formula is C56H65N5O12S2. The molecule has 0 radical (unpaired) electrons. The third kappa shape index (κ3) is 11.8. The van der Waals surface area contributed by atoms with E-state index in [1.807, 2.05) is 74.5 Å². The number of aromatic nitrogens is 2. The van der Waals surface area contributed by atoms with Crippen molar-refractivity contribution in [1.82, 2.24) is 24.1 Å². The van der Waals surface area contributed by atoms with Gasteiger partial charge in [0.15, 0.2) is 15.4 Å². The zero-order valence-corrected chi connectivity index (χ0v) is 45.7. The number of ether oxygens (including phenoxy) is 4. The van der Waals surface area contributed by atoms with Crippen molar-refractivity contribution in [2.24, 2.45) is 17.3 Å². The zero-order valence-electron chi connectivity index (χ0n) is 44.0. The molecule has 2 saturated heterocycles. The van der Waals surface area contributed by atoms with Crippen LogP contribution in [-0.4, -0.2) is 122 Å². The molecule has 0 aliphatic carbocycles. The lowest BCUT2D eigenvalue weighted by atomic mass is 9.81. The van der Waals surface area contributed by atoms with E-state index >= 15 is 0 Å². The Hall–Kier alpha value is -6.96. The molecule has 4 heterocycles. The summed E-state index contributed by atoms with van der Waals surface area (Å²) in [6.45, 7) is 14.8. The number of rotatable bonds is 17. The van der Waals surface area contributed by atoms with Crippen molar-refractivity contribution in [2.45, 2.75) is 90.0 Å². The van der Waals surface area contributed by atoms with E-state index in [-0.39, 0.29) is 59.6 Å². The quantitative estimate of drug-likeness (QED) is 0.0812. The molecule has 0 N–H and O–H groups in total. The first kappa shape index (κ1) is 55.8. The minimum Gasteiger partial charge on any atom is -0.489 e. The van der Waals surface area contributed by atoms with E-state index < -0.39 is 54.5 Å². The molecule has 2 aliphatic heterocycles. The van der Waals surface area contributed by atoms with Gasteiger partial charge in [0.2, 0.25) is 21.8 Å². The second kappa shape index (κ2) is 22.5. The Labute approximate surface area is 439 Å². The first-order chi connectivity index (χ1) is 35.4.